The molecule has 0 radical (unpaired) electrons. The summed E-state index contributed by atoms with van der Waals surface area (Å²) < 4.78 is 6.49. The highest BCUT2D eigenvalue weighted by Gasteiger charge is 2.18. The number of hydrogen-bond donors (Lipinski definition) is 2. The minimum atomic E-state index is -0.154. The molecule has 0 aromatic heterocycles. The second-order valence-corrected chi connectivity index (χ2v) is 6.58. The first-order chi connectivity index (χ1) is 10.1. The molecular weight excluding hydrogens is 356 g/mol. The number of hydrogen-bond acceptors (Lipinski definition) is 3. The number of amides is 1. The molecule has 116 valence electrons. The van der Waals surface area contributed by atoms with Gasteiger partial charge in [0.2, 0.25) is 0 Å². The van der Waals surface area contributed by atoms with Crippen LogP contribution in [0.3, 0.4) is 0 Å². The standard InChI is InChI=1S/C15H20BrClN2O2/c16-14-6-1-10(17)9-13(14)15(20)19-7-8-21-12-4-2-11(18)3-5-12/h1,6,9,11-12H,2-5,7-8,18H2,(H,19,20). The van der Waals surface area contributed by atoms with E-state index in [1.165, 1.54) is 0 Å². The monoisotopic (exact) mass is 374 g/mol. The quantitative estimate of drug-likeness (QED) is 0.777. The molecule has 0 unspecified atom stereocenters. The average Bonchev–Trinajstić information content (AvgIpc) is 2.47. The van der Waals surface area contributed by atoms with Crippen LogP contribution >= 0.6 is 27.5 Å². The van der Waals surface area contributed by atoms with E-state index in [0.717, 1.165) is 30.2 Å². The SMILES string of the molecule is NC1CCC(OCCNC(=O)c2cc(Cl)ccc2Br)CC1. The molecule has 0 spiro atoms. The van der Waals surface area contributed by atoms with Crippen molar-refractivity contribution in [1.29, 1.82) is 0 Å². The Balaban J connectivity index is 1.71. The molecule has 0 saturated heterocycles. The summed E-state index contributed by atoms with van der Waals surface area (Å²) in [5.41, 5.74) is 6.39. The summed E-state index contributed by atoms with van der Waals surface area (Å²) in [6.45, 7) is 1.00. The molecule has 0 aliphatic heterocycles. The first-order valence-corrected chi connectivity index (χ1v) is 8.34. The van der Waals surface area contributed by atoms with Gasteiger partial charge in [-0.15, -0.1) is 0 Å². The number of benzene rings is 1. The lowest BCUT2D eigenvalue weighted by molar-refractivity contribution is 0.0267. The van der Waals surface area contributed by atoms with Crippen molar-refractivity contribution in [3.63, 3.8) is 0 Å². The van der Waals surface area contributed by atoms with Gasteiger partial charge in [0.25, 0.3) is 5.91 Å². The van der Waals surface area contributed by atoms with E-state index in [-0.39, 0.29) is 12.0 Å². The topological polar surface area (TPSA) is 64.3 Å². The van der Waals surface area contributed by atoms with E-state index >= 15 is 0 Å². The number of nitrogens with one attached hydrogen (secondary N) is 1. The average molecular weight is 376 g/mol. The first-order valence-electron chi connectivity index (χ1n) is 7.16. The molecular formula is C15H20BrClN2O2. The van der Waals surface area contributed by atoms with Crippen LogP contribution in [-0.2, 0) is 4.74 Å². The molecule has 21 heavy (non-hydrogen) atoms. The van der Waals surface area contributed by atoms with Gasteiger partial charge in [-0.05, 0) is 59.8 Å². The zero-order valence-electron chi connectivity index (χ0n) is 11.8. The Hall–Kier alpha value is -0.620. The lowest BCUT2D eigenvalue weighted by Crippen LogP contribution is -2.33. The maximum Gasteiger partial charge on any atom is 0.252 e. The second kappa shape index (κ2) is 8.13. The van der Waals surface area contributed by atoms with Crippen LogP contribution in [0.5, 0.6) is 0 Å². The van der Waals surface area contributed by atoms with Gasteiger partial charge in [-0.2, -0.15) is 0 Å². The largest absolute Gasteiger partial charge is 0.376 e. The van der Waals surface area contributed by atoms with E-state index in [1.807, 2.05) is 0 Å². The number of carbonyl (C=O) groups is 1. The van der Waals surface area contributed by atoms with E-state index in [0.29, 0.717) is 29.8 Å². The van der Waals surface area contributed by atoms with Gasteiger partial charge in [0, 0.05) is 22.1 Å². The van der Waals surface area contributed by atoms with Gasteiger partial charge in [-0.1, -0.05) is 11.6 Å². The van der Waals surface area contributed by atoms with Gasteiger partial charge in [0.1, 0.15) is 0 Å². The Morgan fingerprint density at radius 1 is 1.38 bits per heavy atom. The Bertz CT molecular complexity index is 491. The fourth-order valence-electron chi connectivity index (χ4n) is 2.41. The van der Waals surface area contributed by atoms with Crippen LogP contribution in [0.2, 0.25) is 5.02 Å². The van der Waals surface area contributed by atoms with Gasteiger partial charge in [0.05, 0.1) is 18.3 Å². The second-order valence-electron chi connectivity index (χ2n) is 5.29. The van der Waals surface area contributed by atoms with Gasteiger partial charge < -0.3 is 15.8 Å². The predicted molar refractivity (Wildman–Crippen MR) is 87.7 cm³/mol. The van der Waals surface area contributed by atoms with Crippen molar-refractivity contribution in [3.8, 4) is 0 Å². The number of rotatable bonds is 5. The zero-order chi connectivity index (χ0) is 15.2. The molecule has 2 rings (SSSR count). The Labute approximate surface area is 138 Å². The van der Waals surface area contributed by atoms with Crippen molar-refractivity contribution >= 4 is 33.4 Å². The highest BCUT2D eigenvalue weighted by atomic mass is 79.9. The molecule has 3 N–H and O–H groups in total. The Morgan fingerprint density at radius 2 is 2.10 bits per heavy atom. The van der Waals surface area contributed by atoms with Crippen LogP contribution in [0, 0.1) is 0 Å². The molecule has 6 heteroatoms. The van der Waals surface area contributed by atoms with Gasteiger partial charge >= 0.3 is 0 Å². The third-order valence-corrected chi connectivity index (χ3v) is 4.56. The van der Waals surface area contributed by atoms with Gasteiger partial charge in [0.15, 0.2) is 0 Å². The summed E-state index contributed by atoms with van der Waals surface area (Å²) in [6, 6.07) is 5.47. The molecule has 1 fully saturated rings. The molecule has 0 heterocycles. The molecule has 0 atom stereocenters. The van der Waals surface area contributed by atoms with E-state index in [9.17, 15) is 4.79 Å². The van der Waals surface area contributed by atoms with Crippen LogP contribution in [0.25, 0.3) is 0 Å². The van der Waals surface area contributed by atoms with Gasteiger partial charge in [-0.25, -0.2) is 0 Å². The van der Waals surface area contributed by atoms with Crippen molar-refractivity contribution < 1.29 is 9.53 Å². The summed E-state index contributed by atoms with van der Waals surface area (Å²) in [4.78, 5) is 12.0. The lowest BCUT2D eigenvalue weighted by Gasteiger charge is -2.26. The molecule has 1 saturated carbocycles. The molecule has 1 aliphatic rings. The van der Waals surface area contributed by atoms with Crippen molar-refractivity contribution in [2.45, 2.75) is 37.8 Å². The lowest BCUT2D eigenvalue weighted by atomic mass is 9.94. The minimum absolute atomic E-state index is 0.154. The van der Waals surface area contributed by atoms with Crippen LogP contribution in [-0.4, -0.2) is 31.2 Å². The van der Waals surface area contributed by atoms with E-state index < -0.39 is 0 Å². The summed E-state index contributed by atoms with van der Waals surface area (Å²) in [5, 5.41) is 3.38. The number of ether oxygens (including phenoxy) is 1. The normalized spacial score (nSPS) is 22.0. The van der Waals surface area contributed by atoms with Crippen LogP contribution < -0.4 is 11.1 Å². The van der Waals surface area contributed by atoms with Crippen molar-refractivity contribution in [3.05, 3.63) is 33.3 Å². The van der Waals surface area contributed by atoms with Crippen LogP contribution in [0.15, 0.2) is 22.7 Å². The van der Waals surface area contributed by atoms with Crippen molar-refractivity contribution in [2.75, 3.05) is 13.2 Å². The molecule has 0 bridgehead atoms. The number of halogens is 2. The van der Waals surface area contributed by atoms with E-state index in [4.69, 9.17) is 22.1 Å². The predicted octanol–water partition coefficient (Wildman–Crippen LogP) is 3.12. The summed E-state index contributed by atoms with van der Waals surface area (Å²) in [6.07, 6.45) is 4.34. The summed E-state index contributed by atoms with van der Waals surface area (Å²) >= 11 is 9.25. The smallest absolute Gasteiger partial charge is 0.252 e. The molecule has 1 aromatic carbocycles. The molecule has 1 aliphatic carbocycles. The maximum atomic E-state index is 12.0. The van der Waals surface area contributed by atoms with Crippen molar-refractivity contribution in [2.24, 2.45) is 5.73 Å². The third kappa shape index (κ3) is 5.25. The fourth-order valence-corrected chi connectivity index (χ4v) is 3.01. The van der Waals surface area contributed by atoms with Crippen LogP contribution in [0.1, 0.15) is 36.0 Å². The molecule has 4 nitrogen and oxygen atoms in total. The number of carbonyl (C=O) groups excluding carboxylic acids is 1. The maximum absolute atomic E-state index is 12.0. The minimum Gasteiger partial charge on any atom is -0.376 e. The first kappa shape index (κ1) is 16.7. The van der Waals surface area contributed by atoms with E-state index in [1.54, 1.807) is 18.2 Å². The molecule has 1 aromatic rings. The Kier molecular flexibility index (Phi) is 6.48. The Morgan fingerprint density at radius 3 is 2.81 bits per heavy atom. The summed E-state index contributed by atoms with van der Waals surface area (Å²) in [5.74, 6) is -0.154. The van der Waals surface area contributed by atoms with Crippen LogP contribution in [0.4, 0.5) is 0 Å². The summed E-state index contributed by atoms with van der Waals surface area (Å²) in [7, 11) is 0. The number of nitrogens with two attached hydrogens (primary N) is 1. The highest BCUT2D eigenvalue weighted by Crippen LogP contribution is 2.21. The highest BCUT2D eigenvalue weighted by molar-refractivity contribution is 9.10. The zero-order valence-corrected chi connectivity index (χ0v) is 14.1. The third-order valence-electron chi connectivity index (χ3n) is 3.63. The molecule has 1 amide bonds. The van der Waals surface area contributed by atoms with Gasteiger partial charge in [-0.3, -0.25) is 4.79 Å². The fraction of sp³-hybridized carbons (Fsp3) is 0.533. The van der Waals surface area contributed by atoms with Crippen molar-refractivity contribution in [1.82, 2.24) is 5.32 Å². The van der Waals surface area contributed by atoms with E-state index in [2.05, 4.69) is 21.2 Å².